The van der Waals surface area contributed by atoms with Gasteiger partial charge in [0.1, 0.15) is 23.5 Å². The number of aromatic amines is 1. The number of carbonyl (C=O) groups is 4. The Morgan fingerprint density at radius 2 is 2.06 bits per heavy atom. The third-order valence-corrected chi connectivity index (χ3v) is 6.74. The van der Waals surface area contributed by atoms with E-state index in [0.717, 1.165) is 4.90 Å². The van der Waals surface area contributed by atoms with Crippen LogP contribution in [0.3, 0.4) is 0 Å². The van der Waals surface area contributed by atoms with E-state index in [1.165, 1.54) is 13.2 Å². The largest absolute Gasteiger partial charge is 0.496 e. The summed E-state index contributed by atoms with van der Waals surface area (Å²) in [4.78, 5) is 54.0. The highest BCUT2D eigenvalue weighted by Crippen LogP contribution is 2.38. The number of aromatic nitrogens is 1. The third-order valence-electron chi connectivity index (χ3n) is 6.74. The summed E-state index contributed by atoms with van der Waals surface area (Å²) in [5.74, 6) is -4.98. The zero-order valence-electron chi connectivity index (χ0n) is 19.4. The Balaban J connectivity index is 1.58. The van der Waals surface area contributed by atoms with Crippen LogP contribution in [0.25, 0.3) is 10.9 Å². The maximum absolute atomic E-state index is 13.6. The van der Waals surface area contributed by atoms with Gasteiger partial charge in [-0.25, -0.2) is 0 Å². The number of primary amides is 1. The maximum atomic E-state index is 13.6. The number of hydrogen-bond acceptors (Lipinski definition) is 5. The van der Waals surface area contributed by atoms with E-state index >= 15 is 0 Å². The second-order valence-electron chi connectivity index (χ2n) is 9.03. The van der Waals surface area contributed by atoms with Crippen LogP contribution in [0.1, 0.15) is 29.8 Å². The van der Waals surface area contributed by atoms with Crippen LogP contribution in [0, 0.1) is 11.8 Å². The van der Waals surface area contributed by atoms with Crippen molar-refractivity contribution in [3.8, 4) is 5.75 Å². The topological polar surface area (TPSA) is 147 Å². The fourth-order valence-corrected chi connectivity index (χ4v) is 4.79. The number of halogens is 3. The number of H-pyrrole nitrogens is 1. The summed E-state index contributed by atoms with van der Waals surface area (Å²) in [6.07, 6.45) is -4.95. The van der Waals surface area contributed by atoms with Crippen LogP contribution in [0.15, 0.2) is 24.3 Å². The van der Waals surface area contributed by atoms with Crippen molar-refractivity contribution in [1.82, 2.24) is 20.5 Å². The number of rotatable bonds is 7. The molecule has 0 spiro atoms. The second kappa shape index (κ2) is 9.70. The average Bonchev–Trinajstić information content (AvgIpc) is 3.55. The Bertz CT molecular complexity index is 1200. The molecule has 2 aliphatic rings. The summed E-state index contributed by atoms with van der Waals surface area (Å²) < 4.78 is 46.0. The molecule has 2 saturated heterocycles. The molecule has 10 nitrogen and oxygen atoms in total. The standard InChI is InChI=1S/C23H26F3N5O5/c1-36-18-4-2-3-14-13(18)9-16(29-14)22(35)31-10-12(23(24,25)26)8-17(31)21(34)30-15(19(27)32)7-11-5-6-28-20(11)33/h2-4,9,11-12,15,17,29H,5-8,10H2,1H3,(H2,27,32)(H,28,33)(H,30,34)/t11-,12+,15-,17-/m0/s1. The fourth-order valence-electron chi connectivity index (χ4n) is 4.79. The Hall–Kier alpha value is -3.77. The highest BCUT2D eigenvalue weighted by Gasteiger charge is 2.51. The van der Waals surface area contributed by atoms with E-state index < -0.39 is 60.8 Å². The lowest BCUT2D eigenvalue weighted by molar-refractivity contribution is -0.170. The first-order valence-corrected chi connectivity index (χ1v) is 11.4. The summed E-state index contributed by atoms with van der Waals surface area (Å²) in [7, 11) is 1.45. The minimum atomic E-state index is -4.64. The Morgan fingerprint density at radius 3 is 2.67 bits per heavy atom. The maximum Gasteiger partial charge on any atom is 0.393 e. The predicted molar refractivity (Wildman–Crippen MR) is 121 cm³/mol. The van der Waals surface area contributed by atoms with Gasteiger partial charge in [0.05, 0.1) is 13.0 Å². The smallest absolute Gasteiger partial charge is 0.393 e. The average molecular weight is 509 g/mol. The van der Waals surface area contributed by atoms with Gasteiger partial charge in [0, 0.05) is 29.9 Å². The normalized spacial score (nSPS) is 22.9. The number of ether oxygens (including phenoxy) is 1. The molecule has 13 heteroatoms. The van der Waals surface area contributed by atoms with Crippen LogP contribution in [0.4, 0.5) is 13.2 Å². The monoisotopic (exact) mass is 509 g/mol. The molecule has 1 aromatic heterocycles. The highest BCUT2D eigenvalue weighted by atomic mass is 19.4. The molecule has 4 amide bonds. The van der Waals surface area contributed by atoms with Crippen molar-refractivity contribution in [2.24, 2.45) is 17.6 Å². The lowest BCUT2D eigenvalue weighted by Crippen LogP contribution is -2.53. The number of methoxy groups -OCH3 is 1. The zero-order valence-corrected chi connectivity index (χ0v) is 19.4. The molecule has 2 fully saturated rings. The molecule has 1 aromatic carbocycles. The number of benzene rings is 1. The first-order valence-electron chi connectivity index (χ1n) is 11.4. The molecule has 2 aromatic rings. The van der Waals surface area contributed by atoms with Gasteiger partial charge in [0.2, 0.25) is 17.7 Å². The summed E-state index contributed by atoms with van der Waals surface area (Å²) in [5.41, 5.74) is 5.92. The number of alkyl halides is 3. The van der Waals surface area contributed by atoms with Gasteiger partial charge in [-0.15, -0.1) is 0 Å². The molecule has 4 atom stereocenters. The van der Waals surface area contributed by atoms with Crippen LogP contribution in [0.5, 0.6) is 5.75 Å². The summed E-state index contributed by atoms with van der Waals surface area (Å²) in [5, 5.41) is 5.54. The number of likely N-dealkylation sites (tertiary alicyclic amines) is 1. The van der Waals surface area contributed by atoms with Crippen LogP contribution in [-0.2, 0) is 14.4 Å². The molecule has 0 aliphatic carbocycles. The van der Waals surface area contributed by atoms with Gasteiger partial charge in [0.25, 0.3) is 5.91 Å². The Morgan fingerprint density at radius 1 is 1.31 bits per heavy atom. The molecular weight excluding hydrogens is 483 g/mol. The minimum absolute atomic E-state index is 0.01000. The van der Waals surface area contributed by atoms with E-state index in [1.54, 1.807) is 18.2 Å². The van der Waals surface area contributed by atoms with Gasteiger partial charge >= 0.3 is 6.18 Å². The lowest BCUT2D eigenvalue weighted by Gasteiger charge is -2.26. The van der Waals surface area contributed by atoms with Crippen molar-refractivity contribution in [3.63, 3.8) is 0 Å². The number of carbonyl (C=O) groups excluding carboxylic acids is 4. The van der Waals surface area contributed by atoms with Crippen molar-refractivity contribution in [3.05, 3.63) is 30.0 Å². The van der Waals surface area contributed by atoms with E-state index in [1.807, 2.05) is 0 Å². The number of nitrogens with zero attached hydrogens (tertiary/aromatic N) is 1. The van der Waals surface area contributed by atoms with E-state index in [9.17, 15) is 32.3 Å². The van der Waals surface area contributed by atoms with Gasteiger partial charge in [-0.2, -0.15) is 13.2 Å². The quantitative estimate of drug-likeness (QED) is 0.441. The van der Waals surface area contributed by atoms with Crippen LogP contribution in [0.2, 0.25) is 0 Å². The molecular formula is C23H26F3N5O5. The molecule has 5 N–H and O–H groups in total. The van der Waals surface area contributed by atoms with Gasteiger partial charge in [-0.1, -0.05) is 6.07 Å². The first-order chi connectivity index (χ1) is 17.0. The second-order valence-corrected chi connectivity index (χ2v) is 9.03. The molecule has 0 bridgehead atoms. The van der Waals surface area contributed by atoms with E-state index in [0.29, 0.717) is 29.6 Å². The molecule has 4 rings (SSSR count). The van der Waals surface area contributed by atoms with Gasteiger partial charge in [-0.3, -0.25) is 19.2 Å². The fraction of sp³-hybridized carbons (Fsp3) is 0.478. The van der Waals surface area contributed by atoms with Crippen molar-refractivity contribution in [2.75, 3.05) is 20.2 Å². The van der Waals surface area contributed by atoms with E-state index in [-0.39, 0.29) is 18.0 Å². The molecule has 194 valence electrons. The number of nitrogens with one attached hydrogen (secondary N) is 3. The molecule has 2 aliphatic heterocycles. The minimum Gasteiger partial charge on any atom is -0.496 e. The van der Waals surface area contributed by atoms with E-state index in [4.69, 9.17) is 10.5 Å². The molecule has 0 unspecified atom stereocenters. The highest BCUT2D eigenvalue weighted by molar-refractivity contribution is 6.02. The summed E-state index contributed by atoms with van der Waals surface area (Å²) >= 11 is 0. The number of hydrogen-bond donors (Lipinski definition) is 4. The summed E-state index contributed by atoms with van der Waals surface area (Å²) in [6.45, 7) is -0.310. The van der Waals surface area contributed by atoms with E-state index in [2.05, 4.69) is 15.6 Å². The number of amides is 4. The third kappa shape index (κ3) is 4.95. The molecule has 0 radical (unpaired) electrons. The Labute approximate surface area is 203 Å². The van der Waals surface area contributed by atoms with Gasteiger partial charge in [-0.05, 0) is 37.5 Å². The Kier molecular flexibility index (Phi) is 6.83. The van der Waals surface area contributed by atoms with Gasteiger partial charge in [0.15, 0.2) is 0 Å². The number of nitrogens with two attached hydrogens (primary N) is 1. The number of fused-ring (bicyclic) bond motifs is 1. The van der Waals surface area contributed by atoms with Crippen molar-refractivity contribution in [2.45, 2.75) is 37.5 Å². The van der Waals surface area contributed by atoms with Crippen LogP contribution >= 0.6 is 0 Å². The van der Waals surface area contributed by atoms with Crippen molar-refractivity contribution < 1.29 is 37.1 Å². The SMILES string of the molecule is COc1cccc2[nH]c(C(=O)N3C[C@H](C(F)(F)F)C[C@H]3C(=O)N[C@@H](C[C@@H]3CCNC3=O)C(N)=O)cc12. The zero-order chi connectivity index (χ0) is 26.2. The van der Waals surface area contributed by atoms with Gasteiger partial charge < -0.3 is 31.0 Å². The predicted octanol–water partition coefficient (Wildman–Crippen LogP) is 1.07. The van der Waals surface area contributed by atoms with Crippen LogP contribution < -0.4 is 21.1 Å². The van der Waals surface area contributed by atoms with Crippen molar-refractivity contribution in [1.29, 1.82) is 0 Å². The lowest BCUT2D eigenvalue weighted by atomic mass is 9.97. The van der Waals surface area contributed by atoms with Crippen molar-refractivity contribution >= 4 is 34.5 Å². The first kappa shape index (κ1) is 25.3. The molecule has 36 heavy (non-hydrogen) atoms. The molecule has 3 heterocycles. The summed E-state index contributed by atoms with van der Waals surface area (Å²) in [6, 6.07) is 3.73. The molecule has 0 saturated carbocycles. The van der Waals surface area contributed by atoms with Crippen LogP contribution in [-0.4, -0.2) is 72.0 Å².